The van der Waals surface area contributed by atoms with Crippen LogP contribution in [0.4, 0.5) is 18.9 Å². The third-order valence-electron chi connectivity index (χ3n) is 3.70. The van der Waals surface area contributed by atoms with Crippen molar-refractivity contribution in [3.63, 3.8) is 0 Å². The molecule has 7 heteroatoms. The van der Waals surface area contributed by atoms with Gasteiger partial charge in [0.25, 0.3) is 0 Å². The molecule has 26 heavy (non-hydrogen) atoms. The molecular formula is C19H15F3N2OS. The molecule has 1 heterocycles. The molecule has 0 radical (unpaired) electrons. The molecule has 1 N–H and O–H groups in total. The van der Waals surface area contributed by atoms with Gasteiger partial charge in [0.05, 0.1) is 22.7 Å². The topological polar surface area (TPSA) is 42.0 Å². The second-order valence-corrected chi connectivity index (χ2v) is 6.81. The van der Waals surface area contributed by atoms with Gasteiger partial charge in [-0.25, -0.2) is 4.98 Å². The second kappa shape index (κ2) is 7.29. The maximum Gasteiger partial charge on any atom is 0.416 e. The van der Waals surface area contributed by atoms with Crippen LogP contribution in [-0.2, 0) is 17.4 Å². The van der Waals surface area contributed by atoms with Gasteiger partial charge in [-0.05, 0) is 30.7 Å². The molecule has 0 aliphatic heterocycles. The van der Waals surface area contributed by atoms with Crippen molar-refractivity contribution < 1.29 is 18.0 Å². The number of aryl methyl sites for hydroxylation is 1. The summed E-state index contributed by atoms with van der Waals surface area (Å²) in [6, 6.07) is 12.0. The summed E-state index contributed by atoms with van der Waals surface area (Å²) >= 11 is 1.56. The van der Waals surface area contributed by atoms with Gasteiger partial charge < -0.3 is 5.32 Å². The first-order chi connectivity index (χ1) is 12.3. The quantitative estimate of drug-likeness (QED) is 0.670. The number of thiazole rings is 1. The summed E-state index contributed by atoms with van der Waals surface area (Å²) in [7, 11) is 0. The fourth-order valence-corrected chi connectivity index (χ4v) is 3.09. The first-order valence-electron chi connectivity index (χ1n) is 7.80. The number of halogens is 3. The molecule has 3 aromatic rings. The number of rotatable bonds is 4. The van der Waals surface area contributed by atoms with Crippen LogP contribution in [0.1, 0.15) is 16.1 Å². The maximum atomic E-state index is 12.7. The molecule has 0 aliphatic carbocycles. The zero-order chi connectivity index (χ0) is 18.7. The second-order valence-electron chi connectivity index (χ2n) is 5.75. The average Bonchev–Trinajstić information content (AvgIpc) is 3.01. The van der Waals surface area contributed by atoms with Crippen LogP contribution in [-0.4, -0.2) is 10.9 Å². The van der Waals surface area contributed by atoms with E-state index in [1.165, 1.54) is 12.1 Å². The van der Waals surface area contributed by atoms with Crippen LogP contribution in [0, 0.1) is 6.92 Å². The van der Waals surface area contributed by atoms with Crippen molar-refractivity contribution >= 4 is 22.9 Å². The van der Waals surface area contributed by atoms with E-state index in [1.807, 2.05) is 24.4 Å². The van der Waals surface area contributed by atoms with Crippen molar-refractivity contribution in [2.75, 3.05) is 5.32 Å². The minimum Gasteiger partial charge on any atom is -0.326 e. The van der Waals surface area contributed by atoms with Gasteiger partial charge in [0.2, 0.25) is 5.91 Å². The summed E-state index contributed by atoms with van der Waals surface area (Å²) in [5.41, 5.74) is 1.94. The molecule has 0 spiro atoms. The maximum absolute atomic E-state index is 12.7. The highest BCUT2D eigenvalue weighted by atomic mass is 32.1. The van der Waals surface area contributed by atoms with Gasteiger partial charge in [-0.2, -0.15) is 13.2 Å². The minimum atomic E-state index is -4.42. The largest absolute Gasteiger partial charge is 0.416 e. The van der Waals surface area contributed by atoms with Gasteiger partial charge >= 0.3 is 6.18 Å². The molecule has 0 atom stereocenters. The summed E-state index contributed by atoms with van der Waals surface area (Å²) in [6.07, 6.45) is -4.55. The molecule has 0 aliphatic rings. The fraction of sp³-hybridized carbons (Fsp3) is 0.158. The molecule has 0 saturated heterocycles. The summed E-state index contributed by atoms with van der Waals surface area (Å²) < 4.78 is 38.2. The third kappa shape index (κ3) is 4.49. The number of nitrogens with zero attached hydrogens (tertiary/aromatic N) is 1. The molecule has 2 aromatic carbocycles. The van der Waals surface area contributed by atoms with E-state index in [-0.39, 0.29) is 12.3 Å². The van der Waals surface area contributed by atoms with E-state index >= 15 is 0 Å². The summed E-state index contributed by atoms with van der Waals surface area (Å²) in [6.45, 7) is 1.93. The van der Waals surface area contributed by atoms with Crippen molar-refractivity contribution in [3.8, 4) is 11.3 Å². The normalized spacial score (nSPS) is 11.4. The molecule has 1 amide bonds. The summed E-state index contributed by atoms with van der Waals surface area (Å²) in [4.78, 5) is 16.5. The number of nitrogens with one attached hydrogen (secondary N) is 1. The molecule has 134 valence electrons. The first-order valence-corrected chi connectivity index (χ1v) is 8.68. The number of hydrogen-bond donors (Lipinski definition) is 1. The van der Waals surface area contributed by atoms with Crippen molar-refractivity contribution in [3.05, 3.63) is 70.0 Å². The SMILES string of the molecule is Cc1nc(-c2ccc(NC(=O)Cc3cccc(C(F)(F)F)c3)cc2)cs1. The van der Waals surface area contributed by atoms with Gasteiger partial charge in [0.1, 0.15) is 0 Å². The van der Waals surface area contributed by atoms with Gasteiger partial charge in [-0.3, -0.25) is 4.79 Å². The Morgan fingerprint density at radius 2 is 1.88 bits per heavy atom. The van der Waals surface area contributed by atoms with Crippen LogP contribution in [0.5, 0.6) is 0 Å². The fourth-order valence-electron chi connectivity index (χ4n) is 2.47. The summed E-state index contributed by atoms with van der Waals surface area (Å²) in [5.74, 6) is -0.374. The molecule has 1 aromatic heterocycles. The Labute approximate surface area is 152 Å². The van der Waals surface area contributed by atoms with Crippen LogP contribution < -0.4 is 5.32 Å². The van der Waals surface area contributed by atoms with Crippen molar-refractivity contribution in [2.24, 2.45) is 0 Å². The van der Waals surface area contributed by atoms with Crippen LogP contribution in [0.25, 0.3) is 11.3 Å². The van der Waals surface area contributed by atoms with E-state index in [0.29, 0.717) is 11.3 Å². The van der Waals surface area contributed by atoms with E-state index in [4.69, 9.17) is 0 Å². The Bertz CT molecular complexity index is 917. The monoisotopic (exact) mass is 376 g/mol. The number of carbonyl (C=O) groups is 1. The van der Waals surface area contributed by atoms with Crippen molar-refractivity contribution in [2.45, 2.75) is 19.5 Å². The molecule has 3 rings (SSSR count). The Kier molecular flexibility index (Phi) is 5.08. The van der Waals surface area contributed by atoms with E-state index in [0.717, 1.165) is 28.4 Å². The van der Waals surface area contributed by atoms with Gasteiger partial charge in [0, 0.05) is 16.6 Å². The first kappa shape index (κ1) is 18.1. The molecule has 0 fully saturated rings. The zero-order valence-corrected chi connectivity index (χ0v) is 14.6. The van der Waals surface area contributed by atoms with Crippen molar-refractivity contribution in [1.82, 2.24) is 4.98 Å². The lowest BCUT2D eigenvalue weighted by Gasteiger charge is -2.09. The predicted molar refractivity (Wildman–Crippen MR) is 96.1 cm³/mol. The smallest absolute Gasteiger partial charge is 0.326 e. The lowest BCUT2D eigenvalue weighted by atomic mass is 10.1. The van der Waals surface area contributed by atoms with Crippen LogP contribution >= 0.6 is 11.3 Å². The highest BCUT2D eigenvalue weighted by Gasteiger charge is 2.30. The van der Waals surface area contributed by atoms with Crippen LogP contribution in [0.15, 0.2) is 53.9 Å². The zero-order valence-electron chi connectivity index (χ0n) is 13.8. The number of hydrogen-bond acceptors (Lipinski definition) is 3. The lowest BCUT2D eigenvalue weighted by molar-refractivity contribution is -0.137. The highest BCUT2D eigenvalue weighted by Crippen LogP contribution is 2.29. The third-order valence-corrected chi connectivity index (χ3v) is 4.48. The van der Waals surface area contributed by atoms with E-state index in [2.05, 4.69) is 10.3 Å². The van der Waals surface area contributed by atoms with Gasteiger partial charge in [0.15, 0.2) is 0 Å². The Balaban J connectivity index is 1.65. The summed E-state index contributed by atoms with van der Waals surface area (Å²) in [5, 5.41) is 5.62. The van der Waals surface area contributed by atoms with E-state index in [9.17, 15) is 18.0 Å². The number of carbonyl (C=O) groups excluding carboxylic acids is 1. The van der Waals surface area contributed by atoms with Crippen LogP contribution in [0.3, 0.4) is 0 Å². The minimum absolute atomic E-state index is 0.128. The highest BCUT2D eigenvalue weighted by molar-refractivity contribution is 7.09. The molecule has 3 nitrogen and oxygen atoms in total. The Morgan fingerprint density at radius 3 is 2.50 bits per heavy atom. The number of amides is 1. The van der Waals surface area contributed by atoms with Gasteiger partial charge in [-0.1, -0.05) is 30.3 Å². The average molecular weight is 376 g/mol. The van der Waals surface area contributed by atoms with Crippen LogP contribution in [0.2, 0.25) is 0 Å². The van der Waals surface area contributed by atoms with Gasteiger partial charge in [-0.15, -0.1) is 11.3 Å². The number of benzene rings is 2. The Morgan fingerprint density at radius 1 is 1.15 bits per heavy atom. The molecule has 0 bridgehead atoms. The number of aromatic nitrogens is 1. The molecule has 0 unspecified atom stereocenters. The van der Waals surface area contributed by atoms with E-state index < -0.39 is 11.7 Å². The Hall–Kier alpha value is -2.67. The number of alkyl halides is 3. The molecular weight excluding hydrogens is 361 g/mol. The standard InChI is InChI=1S/C19H15F3N2OS/c1-12-23-17(11-26-12)14-5-7-16(8-6-14)24-18(25)10-13-3-2-4-15(9-13)19(20,21)22/h2-9,11H,10H2,1H3,(H,24,25). The number of anilines is 1. The predicted octanol–water partition coefficient (Wildman–Crippen LogP) is 5.32. The molecule has 0 saturated carbocycles. The lowest BCUT2D eigenvalue weighted by Crippen LogP contribution is -2.15. The van der Waals surface area contributed by atoms with E-state index in [1.54, 1.807) is 23.5 Å². The van der Waals surface area contributed by atoms with Crippen molar-refractivity contribution in [1.29, 1.82) is 0 Å².